The molecule has 3 nitrogen and oxygen atoms in total. The Bertz CT molecular complexity index is 516. The SMILES string of the molecule is CCNC(Cc1ccn(C)n1)c1ccccc1CC. The molecule has 0 saturated carbocycles. The summed E-state index contributed by atoms with van der Waals surface area (Å²) < 4.78 is 1.87. The number of likely N-dealkylation sites (N-methyl/N-ethyl adjacent to an activating group) is 1. The lowest BCUT2D eigenvalue weighted by molar-refractivity contribution is 0.536. The van der Waals surface area contributed by atoms with Gasteiger partial charge in [-0.05, 0) is 30.2 Å². The molecule has 1 N–H and O–H groups in total. The highest BCUT2D eigenvalue weighted by Crippen LogP contribution is 2.22. The van der Waals surface area contributed by atoms with E-state index in [1.807, 2.05) is 17.9 Å². The fraction of sp³-hybridized carbons (Fsp3) is 0.438. The molecule has 0 radical (unpaired) electrons. The maximum Gasteiger partial charge on any atom is 0.0643 e. The van der Waals surface area contributed by atoms with E-state index in [1.165, 1.54) is 11.1 Å². The Morgan fingerprint density at radius 2 is 2.00 bits per heavy atom. The van der Waals surface area contributed by atoms with Crippen molar-refractivity contribution in [3.8, 4) is 0 Å². The van der Waals surface area contributed by atoms with E-state index in [2.05, 4.69) is 54.6 Å². The van der Waals surface area contributed by atoms with E-state index in [4.69, 9.17) is 0 Å². The van der Waals surface area contributed by atoms with Crippen molar-refractivity contribution in [3.05, 3.63) is 53.3 Å². The Hall–Kier alpha value is -1.61. The molecule has 0 saturated heterocycles. The first-order valence-electron chi connectivity index (χ1n) is 7.04. The third kappa shape index (κ3) is 3.44. The van der Waals surface area contributed by atoms with E-state index in [0.29, 0.717) is 6.04 Å². The Morgan fingerprint density at radius 1 is 1.21 bits per heavy atom. The van der Waals surface area contributed by atoms with Crippen molar-refractivity contribution in [2.45, 2.75) is 32.7 Å². The van der Waals surface area contributed by atoms with Gasteiger partial charge < -0.3 is 5.32 Å². The van der Waals surface area contributed by atoms with Crippen LogP contribution in [0.25, 0.3) is 0 Å². The second-order valence-electron chi connectivity index (χ2n) is 4.85. The molecule has 1 atom stereocenters. The van der Waals surface area contributed by atoms with Crippen molar-refractivity contribution in [2.24, 2.45) is 7.05 Å². The lowest BCUT2D eigenvalue weighted by Crippen LogP contribution is -2.24. The molecular weight excluding hydrogens is 234 g/mol. The zero-order chi connectivity index (χ0) is 13.7. The monoisotopic (exact) mass is 257 g/mol. The van der Waals surface area contributed by atoms with Gasteiger partial charge in [0, 0.05) is 25.7 Å². The highest BCUT2D eigenvalue weighted by atomic mass is 15.2. The van der Waals surface area contributed by atoms with Crippen LogP contribution in [0.3, 0.4) is 0 Å². The Labute approximate surface area is 115 Å². The van der Waals surface area contributed by atoms with Crippen molar-refractivity contribution in [1.29, 1.82) is 0 Å². The van der Waals surface area contributed by atoms with Gasteiger partial charge in [-0.3, -0.25) is 4.68 Å². The van der Waals surface area contributed by atoms with Crippen LogP contribution < -0.4 is 5.32 Å². The maximum absolute atomic E-state index is 4.49. The van der Waals surface area contributed by atoms with Crippen molar-refractivity contribution >= 4 is 0 Å². The molecule has 0 fully saturated rings. The standard InChI is InChI=1S/C16H23N3/c1-4-13-8-6-7-9-15(13)16(17-5-2)12-14-10-11-19(3)18-14/h6-11,16-17H,4-5,12H2,1-3H3. The number of aryl methyl sites for hydroxylation is 2. The molecule has 1 heterocycles. The van der Waals surface area contributed by atoms with Gasteiger partial charge in [-0.2, -0.15) is 5.10 Å². The minimum absolute atomic E-state index is 0.344. The summed E-state index contributed by atoms with van der Waals surface area (Å²) in [6, 6.07) is 11.1. The van der Waals surface area contributed by atoms with Crippen LogP contribution in [0.15, 0.2) is 36.5 Å². The lowest BCUT2D eigenvalue weighted by atomic mass is 9.95. The highest BCUT2D eigenvalue weighted by molar-refractivity contribution is 5.31. The molecule has 1 aromatic carbocycles. The van der Waals surface area contributed by atoms with Crippen LogP contribution in [-0.4, -0.2) is 16.3 Å². The molecule has 2 aromatic rings. The van der Waals surface area contributed by atoms with Crippen LogP contribution in [0.5, 0.6) is 0 Å². The van der Waals surface area contributed by atoms with Gasteiger partial charge in [0.2, 0.25) is 0 Å². The summed E-state index contributed by atoms with van der Waals surface area (Å²) in [5.41, 5.74) is 3.96. The van der Waals surface area contributed by atoms with Gasteiger partial charge in [0.15, 0.2) is 0 Å². The first kappa shape index (κ1) is 13.8. The van der Waals surface area contributed by atoms with Gasteiger partial charge in [-0.15, -0.1) is 0 Å². The molecular formula is C16H23N3. The fourth-order valence-electron chi connectivity index (χ4n) is 2.52. The summed E-state index contributed by atoms with van der Waals surface area (Å²) in [5, 5.41) is 8.07. The van der Waals surface area contributed by atoms with E-state index >= 15 is 0 Å². The zero-order valence-electron chi connectivity index (χ0n) is 12.1. The number of hydrogen-bond acceptors (Lipinski definition) is 2. The molecule has 0 bridgehead atoms. The van der Waals surface area contributed by atoms with Crippen LogP contribution in [-0.2, 0) is 19.9 Å². The van der Waals surface area contributed by atoms with E-state index in [1.54, 1.807) is 0 Å². The third-order valence-electron chi connectivity index (χ3n) is 3.44. The van der Waals surface area contributed by atoms with Crippen molar-refractivity contribution in [1.82, 2.24) is 15.1 Å². The van der Waals surface area contributed by atoms with Crippen molar-refractivity contribution < 1.29 is 0 Å². The average Bonchev–Trinajstić information content (AvgIpc) is 2.84. The highest BCUT2D eigenvalue weighted by Gasteiger charge is 2.15. The number of rotatable bonds is 6. The van der Waals surface area contributed by atoms with Gasteiger partial charge in [-0.1, -0.05) is 38.1 Å². The second kappa shape index (κ2) is 6.53. The molecule has 0 aliphatic carbocycles. The largest absolute Gasteiger partial charge is 0.310 e. The minimum atomic E-state index is 0.344. The first-order chi connectivity index (χ1) is 9.24. The number of hydrogen-bond donors (Lipinski definition) is 1. The van der Waals surface area contributed by atoms with Gasteiger partial charge >= 0.3 is 0 Å². The molecule has 102 valence electrons. The van der Waals surface area contributed by atoms with Crippen LogP contribution in [0.4, 0.5) is 0 Å². The Balaban J connectivity index is 2.23. The lowest BCUT2D eigenvalue weighted by Gasteiger charge is -2.20. The van der Waals surface area contributed by atoms with Crippen LogP contribution in [0.2, 0.25) is 0 Å². The average molecular weight is 257 g/mol. The van der Waals surface area contributed by atoms with E-state index in [0.717, 1.165) is 25.1 Å². The minimum Gasteiger partial charge on any atom is -0.310 e. The van der Waals surface area contributed by atoms with Gasteiger partial charge in [-0.25, -0.2) is 0 Å². The number of nitrogens with zero attached hydrogens (tertiary/aromatic N) is 2. The first-order valence-corrected chi connectivity index (χ1v) is 7.04. The van der Waals surface area contributed by atoms with Crippen LogP contribution in [0, 0.1) is 0 Å². The Kier molecular flexibility index (Phi) is 4.74. The summed E-state index contributed by atoms with van der Waals surface area (Å²) in [6.07, 6.45) is 4.01. The molecule has 0 aliphatic heterocycles. The van der Waals surface area contributed by atoms with E-state index < -0.39 is 0 Å². The summed E-state index contributed by atoms with van der Waals surface area (Å²) in [5.74, 6) is 0. The van der Waals surface area contributed by atoms with E-state index in [-0.39, 0.29) is 0 Å². The molecule has 1 unspecified atom stereocenters. The van der Waals surface area contributed by atoms with Crippen molar-refractivity contribution in [3.63, 3.8) is 0 Å². The number of benzene rings is 1. The quantitative estimate of drug-likeness (QED) is 0.862. The maximum atomic E-state index is 4.49. The summed E-state index contributed by atoms with van der Waals surface area (Å²) in [6.45, 7) is 5.33. The molecule has 1 aromatic heterocycles. The molecule has 19 heavy (non-hydrogen) atoms. The fourth-order valence-corrected chi connectivity index (χ4v) is 2.52. The summed E-state index contributed by atoms with van der Waals surface area (Å²) >= 11 is 0. The Morgan fingerprint density at radius 3 is 2.63 bits per heavy atom. The summed E-state index contributed by atoms with van der Waals surface area (Å²) in [4.78, 5) is 0. The topological polar surface area (TPSA) is 29.9 Å². The number of nitrogens with one attached hydrogen (secondary N) is 1. The third-order valence-corrected chi connectivity index (χ3v) is 3.44. The molecule has 0 spiro atoms. The van der Waals surface area contributed by atoms with Crippen molar-refractivity contribution in [2.75, 3.05) is 6.54 Å². The predicted octanol–water partition coefficient (Wildman–Crippen LogP) is 2.88. The molecule has 0 aliphatic rings. The number of aromatic nitrogens is 2. The predicted molar refractivity (Wildman–Crippen MR) is 79.1 cm³/mol. The van der Waals surface area contributed by atoms with E-state index in [9.17, 15) is 0 Å². The second-order valence-corrected chi connectivity index (χ2v) is 4.85. The molecule has 0 amide bonds. The van der Waals surface area contributed by atoms with Crippen LogP contribution >= 0.6 is 0 Å². The normalized spacial score (nSPS) is 12.6. The van der Waals surface area contributed by atoms with Gasteiger partial charge in [0.05, 0.1) is 5.69 Å². The smallest absolute Gasteiger partial charge is 0.0643 e. The van der Waals surface area contributed by atoms with Gasteiger partial charge in [0.1, 0.15) is 0 Å². The zero-order valence-corrected chi connectivity index (χ0v) is 12.1. The molecule has 2 rings (SSSR count). The molecule has 3 heteroatoms. The van der Waals surface area contributed by atoms with Gasteiger partial charge in [0.25, 0.3) is 0 Å². The van der Waals surface area contributed by atoms with Crippen LogP contribution in [0.1, 0.15) is 36.7 Å². The summed E-state index contributed by atoms with van der Waals surface area (Å²) in [7, 11) is 1.96.